The molecule has 9 heteroatoms. The van der Waals surface area contributed by atoms with Crippen LogP contribution in [0, 0.1) is 5.92 Å². The monoisotopic (exact) mass is 478 g/mol. The molecule has 0 saturated heterocycles. The number of nitrogens with zero attached hydrogens (tertiary/aromatic N) is 3. The number of methoxy groups -OCH3 is 1. The van der Waals surface area contributed by atoms with Gasteiger partial charge in [0.1, 0.15) is 5.75 Å². The van der Waals surface area contributed by atoms with Crippen molar-refractivity contribution in [2.24, 2.45) is 11.7 Å². The van der Waals surface area contributed by atoms with E-state index >= 15 is 0 Å². The lowest BCUT2D eigenvalue weighted by Gasteiger charge is -2.26. The fourth-order valence-electron chi connectivity index (χ4n) is 4.54. The quantitative estimate of drug-likeness (QED) is 0.478. The number of imidazole rings is 1. The van der Waals surface area contributed by atoms with E-state index in [0.29, 0.717) is 22.8 Å². The third-order valence-electron chi connectivity index (χ3n) is 6.56. The van der Waals surface area contributed by atoms with E-state index in [1.807, 2.05) is 18.2 Å². The van der Waals surface area contributed by atoms with Gasteiger partial charge in [-0.2, -0.15) is 0 Å². The first-order valence-corrected chi connectivity index (χ1v) is 11.9. The molecular formula is C26H31N5O4. The van der Waals surface area contributed by atoms with E-state index in [4.69, 9.17) is 10.5 Å². The zero-order valence-corrected chi connectivity index (χ0v) is 20.1. The Kier molecular flexibility index (Phi) is 7.33. The maximum atomic E-state index is 13.0. The molecule has 4 rings (SSSR count). The zero-order valence-electron chi connectivity index (χ0n) is 20.1. The topological polar surface area (TPSA) is 120 Å². The number of nitrogens with two attached hydrogens (primary N) is 1. The number of amides is 3. The molecule has 1 heterocycles. The van der Waals surface area contributed by atoms with Gasteiger partial charge in [-0.25, -0.2) is 4.98 Å². The molecule has 184 valence electrons. The van der Waals surface area contributed by atoms with E-state index in [9.17, 15) is 14.4 Å². The highest BCUT2D eigenvalue weighted by molar-refractivity contribution is 6.04. The number of hydrogen-bond acceptors (Lipinski definition) is 5. The highest BCUT2D eigenvalue weighted by atomic mass is 16.5. The van der Waals surface area contributed by atoms with Crippen LogP contribution in [0.5, 0.6) is 5.75 Å². The summed E-state index contributed by atoms with van der Waals surface area (Å²) >= 11 is 0. The molecule has 0 radical (unpaired) electrons. The summed E-state index contributed by atoms with van der Waals surface area (Å²) in [4.78, 5) is 43.7. The number of hydrogen-bond donors (Lipinski definition) is 2. The summed E-state index contributed by atoms with van der Waals surface area (Å²) in [5.74, 6) is 0.333. The Morgan fingerprint density at radius 3 is 2.49 bits per heavy atom. The third-order valence-corrected chi connectivity index (χ3v) is 6.56. The maximum Gasteiger partial charge on any atom is 0.257 e. The minimum atomic E-state index is -0.450. The van der Waals surface area contributed by atoms with Crippen LogP contribution in [0.2, 0.25) is 0 Å². The van der Waals surface area contributed by atoms with Gasteiger partial charge in [-0.05, 0) is 55.3 Å². The number of benzene rings is 2. The molecule has 1 fully saturated rings. The van der Waals surface area contributed by atoms with E-state index in [0.717, 1.165) is 36.9 Å². The maximum absolute atomic E-state index is 13.0. The van der Waals surface area contributed by atoms with Crippen molar-refractivity contribution in [1.82, 2.24) is 9.55 Å². The molecule has 1 aromatic heterocycles. The number of carbonyl (C=O) groups is 3. The van der Waals surface area contributed by atoms with Crippen molar-refractivity contribution in [2.45, 2.75) is 45.1 Å². The van der Waals surface area contributed by atoms with Crippen LogP contribution < -0.4 is 20.7 Å². The first-order valence-electron chi connectivity index (χ1n) is 11.9. The van der Waals surface area contributed by atoms with Crippen LogP contribution in [0.4, 0.5) is 11.6 Å². The predicted molar refractivity (Wildman–Crippen MR) is 134 cm³/mol. The summed E-state index contributed by atoms with van der Waals surface area (Å²) in [6.45, 7) is 0.264. The lowest BCUT2D eigenvalue weighted by Crippen LogP contribution is -2.33. The number of aryl methyl sites for hydroxylation is 1. The van der Waals surface area contributed by atoms with E-state index in [-0.39, 0.29) is 30.7 Å². The fourth-order valence-corrected chi connectivity index (χ4v) is 4.54. The van der Waals surface area contributed by atoms with Gasteiger partial charge in [0.2, 0.25) is 17.8 Å². The van der Waals surface area contributed by atoms with Gasteiger partial charge < -0.3 is 19.9 Å². The van der Waals surface area contributed by atoms with E-state index in [2.05, 4.69) is 10.3 Å². The normalized spacial score (nSPS) is 14.0. The Hall–Kier alpha value is -3.88. The molecule has 0 aliphatic heterocycles. The predicted octanol–water partition coefficient (Wildman–Crippen LogP) is 3.72. The van der Waals surface area contributed by atoms with Crippen molar-refractivity contribution in [1.29, 1.82) is 0 Å². The van der Waals surface area contributed by atoms with Crippen LogP contribution in [0.15, 0.2) is 42.5 Å². The average Bonchev–Trinajstić information content (AvgIpc) is 3.22. The number of rotatable bonds is 8. The molecule has 1 aliphatic rings. The van der Waals surface area contributed by atoms with Crippen molar-refractivity contribution < 1.29 is 19.1 Å². The molecule has 3 amide bonds. The van der Waals surface area contributed by atoms with Gasteiger partial charge in [-0.15, -0.1) is 0 Å². The number of ether oxygens (including phenoxy) is 1. The van der Waals surface area contributed by atoms with Gasteiger partial charge in [0, 0.05) is 37.2 Å². The number of fused-ring (bicyclic) bond motifs is 1. The van der Waals surface area contributed by atoms with Crippen LogP contribution in [-0.4, -0.2) is 41.4 Å². The largest absolute Gasteiger partial charge is 0.497 e. The standard InChI is InChI=1S/C26H31N5O4/c1-30(25(34)18-6-4-3-5-7-18)19-10-13-22-21(16-19)28-26(31(22)15-14-23(27)32)29-24(33)17-8-11-20(35-2)12-9-17/h8-13,16,18H,3-7,14-15H2,1-2H3,(H2,27,32)(H,28,29,33)/i1+1. The molecule has 1 saturated carbocycles. The molecular weight excluding hydrogens is 447 g/mol. The van der Waals surface area contributed by atoms with Gasteiger partial charge in [-0.3, -0.25) is 19.7 Å². The van der Waals surface area contributed by atoms with Crippen LogP contribution >= 0.6 is 0 Å². The lowest BCUT2D eigenvalue weighted by molar-refractivity contribution is -0.123. The molecule has 0 atom stereocenters. The van der Waals surface area contributed by atoms with Gasteiger partial charge in [0.05, 0.1) is 18.1 Å². The summed E-state index contributed by atoms with van der Waals surface area (Å²) in [5.41, 5.74) is 7.90. The van der Waals surface area contributed by atoms with Gasteiger partial charge >= 0.3 is 0 Å². The molecule has 0 unspecified atom stereocenters. The van der Waals surface area contributed by atoms with Crippen molar-refractivity contribution in [2.75, 3.05) is 24.4 Å². The smallest absolute Gasteiger partial charge is 0.257 e. The molecule has 0 spiro atoms. The summed E-state index contributed by atoms with van der Waals surface area (Å²) in [6, 6.07) is 12.3. The third kappa shape index (κ3) is 5.45. The number of aromatic nitrogens is 2. The minimum absolute atomic E-state index is 0.0527. The van der Waals surface area contributed by atoms with Crippen LogP contribution in [-0.2, 0) is 16.1 Å². The second-order valence-electron chi connectivity index (χ2n) is 8.89. The van der Waals surface area contributed by atoms with Crippen molar-refractivity contribution in [3.63, 3.8) is 0 Å². The highest BCUT2D eigenvalue weighted by Gasteiger charge is 2.25. The van der Waals surface area contributed by atoms with Crippen LogP contribution in [0.25, 0.3) is 11.0 Å². The second kappa shape index (κ2) is 10.6. The number of nitrogens with one attached hydrogen (secondary N) is 1. The highest BCUT2D eigenvalue weighted by Crippen LogP contribution is 2.29. The van der Waals surface area contributed by atoms with Gasteiger partial charge in [0.15, 0.2) is 0 Å². The lowest BCUT2D eigenvalue weighted by atomic mass is 9.88. The Bertz CT molecular complexity index is 1230. The Morgan fingerprint density at radius 2 is 1.83 bits per heavy atom. The Balaban J connectivity index is 1.62. The summed E-state index contributed by atoms with van der Waals surface area (Å²) in [5, 5.41) is 2.84. The molecule has 2 aromatic carbocycles. The average molecular weight is 479 g/mol. The fraction of sp³-hybridized carbons (Fsp3) is 0.385. The molecule has 1 aliphatic carbocycles. The van der Waals surface area contributed by atoms with E-state index < -0.39 is 5.91 Å². The van der Waals surface area contributed by atoms with Gasteiger partial charge in [0.25, 0.3) is 5.91 Å². The van der Waals surface area contributed by atoms with Crippen LogP contribution in [0.3, 0.4) is 0 Å². The Labute approximate surface area is 204 Å². The molecule has 9 nitrogen and oxygen atoms in total. The number of anilines is 2. The van der Waals surface area contributed by atoms with Crippen LogP contribution in [0.1, 0.15) is 48.9 Å². The van der Waals surface area contributed by atoms with Crippen molar-refractivity contribution >= 4 is 40.4 Å². The minimum Gasteiger partial charge on any atom is -0.497 e. The molecule has 3 aromatic rings. The van der Waals surface area contributed by atoms with Crippen molar-refractivity contribution in [3.05, 3.63) is 48.0 Å². The second-order valence-corrected chi connectivity index (χ2v) is 8.89. The summed E-state index contributed by atoms with van der Waals surface area (Å²) in [6.07, 6.45) is 5.31. The first kappa shape index (κ1) is 24.3. The summed E-state index contributed by atoms with van der Waals surface area (Å²) < 4.78 is 6.90. The van der Waals surface area contributed by atoms with Gasteiger partial charge in [-0.1, -0.05) is 19.3 Å². The first-order chi connectivity index (χ1) is 16.9. The number of primary amides is 1. The van der Waals surface area contributed by atoms with Crippen molar-refractivity contribution in [3.8, 4) is 5.75 Å². The molecule has 0 bridgehead atoms. The van der Waals surface area contributed by atoms with E-state index in [1.165, 1.54) is 6.42 Å². The summed E-state index contributed by atoms with van der Waals surface area (Å²) in [7, 11) is 3.35. The van der Waals surface area contributed by atoms with E-state index in [1.54, 1.807) is 47.9 Å². The molecule has 35 heavy (non-hydrogen) atoms. The number of carbonyl (C=O) groups excluding carboxylic acids is 3. The SMILES string of the molecule is COc1ccc(C(=O)Nc2nc3cc(N([13CH3])C(=O)C4CCCCC4)ccc3n2CCC(N)=O)cc1. The zero-order chi connectivity index (χ0) is 24.9. The Morgan fingerprint density at radius 1 is 1.11 bits per heavy atom. The molecule has 3 N–H and O–H groups in total.